The average molecular weight is 297 g/mol. The van der Waals surface area contributed by atoms with Crippen LogP contribution < -0.4 is 10.6 Å². The molecule has 1 rings (SSSR count). The molecule has 1 amide bonds. The summed E-state index contributed by atoms with van der Waals surface area (Å²) >= 11 is 0. The summed E-state index contributed by atoms with van der Waals surface area (Å²) in [6, 6.07) is 8.44. The largest absolute Gasteiger partial charge is 0.405 e. The monoisotopic (exact) mass is 296 g/mol. The van der Waals surface area contributed by atoms with Gasteiger partial charge in [0.05, 0.1) is 6.04 Å². The Labute approximate surface area is 116 Å². The summed E-state index contributed by atoms with van der Waals surface area (Å²) in [5.74, 6) is -0.654. The van der Waals surface area contributed by atoms with E-state index in [0.717, 1.165) is 5.56 Å². The number of hydrogen-bond acceptors (Lipinski definition) is 2. The molecule has 0 bridgehead atoms. The number of benzene rings is 1. The van der Waals surface area contributed by atoms with Gasteiger partial charge in [-0.25, -0.2) is 0 Å². The summed E-state index contributed by atoms with van der Waals surface area (Å²) in [4.78, 5) is 11.6. The van der Waals surface area contributed by atoms with Crippen molar-refractivity contribution in [1.29, 1.82) is 0 Å². The van der Waals surface area contributed by atoms with E-state index in [9.17, 15) is 18.0 Å². The van der Waals surface area contributed by atoms with E-state index in [0.29, 0.717) is 6.42 Å². The number of rotatable bonds is 5. The van der Waals surface area contributed by atoms with E-state index in [-0.39, 0.29) is 12.4 Å². The van der Waals surface area contributed by atoms with Gasteiger partial charge in [0.15, 0.2) is 0 Å². The van der Waals surface area contributed by atoms with Crippen molar-refractivity contribution < 1.29 is 18.0 Å². The van der Waals surface area contributed by atoms with Gasteiger partial charge in [-0.2, -0.15) is 13.2 Å². The van der Waals surface area contributed by atoms with Gasteiger partial charge in [-0.3, -0.25) is 4.79 Å². The molecule has 0 fully saturated rings. The van der Waals surface area contributed by atoms with Gasteiger partial charge < -0.3 is 10.6 Å². The Kier molecular flexibility index (Phi) is 7.48. The van der Waals surface area contributed by atoms with Gasteiger partial charge in [0.2, 0.25) is 5.91 Å². The fourth-order valence-electron chi connectivity index (χ4n) is 1.49. The van der Waals surface area contributed by atoms with Crippen LogP contribution in [0, 0.1) is 0 Å². The van der Waals surface area contributed by atoms with Crippen molar-refractivity contribution in [3.63, 3.8) is 0 Å². The maximum Gasteiger partial charge on any atom is 0.405 e. The smallest absolute Gasteiger partial charge is 0.346 e. The number of carbonyl (C=O) groups excluding carboxylic acids is 1. The number of carbonyl (C=O) groups is 1. The lowest BCUT2D eigenvalue weighted by molar-refractivity contribution is -0.139. The summed E-state index contributed by atoms with van der Waals surface area (Å²) in [6.45, 7) is -1.31. The predicted octanol–water partition coefficient (Wildman–Crippen LogP) is 1.92. The Bertz CT molecular complexity index is 384. The molecule has 0 spiro atoms. The lowest BCUT2D eigenvalue weighted by Crippen LogP contribution is -2.46. The van der Waals surface area contributed by atoms with Crippen LogP contribution in [0.3, 0.4) is 0 Å². The summed E-state index contributed by atoms with van der Waals surface area (Å²) in [6.07, 6.45) is -4.04. The minimum atomic E-state index is -4.39. The second kappa shape index (κ2) is 8.01. The Balaban J connectivity index is 0.00000324. The lowest BCUT2D eigenvalue weighted by atomic mass is 10.1. The standard InChI is InChI=1S/C12H15F3N2O.ClH/c1-16-10(7-9-5-3-2-4-6-9)11(18)17-8-12(13,14)15;/h2-6,10,16H,7-8H2,1H3,(H,17,18);1H. The highest BCUT2D eigenvalue weighted by molar-refractivity contribution is 5.85. The molecule has 19 heavy (non-hydrogen) atoms. The van der Waals surface area contributed by atoms with Gasteiger partial charge >= 0.3 is 6.18 Å². The first kappa shape index (κ1) is 17.7. The Morgan fingerprint density at radius 1 is 1.26 bits per heavy atom. The normalized spacial score (nSPS) is 12.4. The number of alkyl halides is 3. The van der Waals surface area contributed by atoms with Gasteiger partial charge in [0.25, 0.3) is 0 Å². The van der Waals surface area contributed by atoms with Gasteiger partial charge in [-0.05, 0) is 19.0 Å². The quantitative estimate of drug-likeness (QED) is 0.871. The zero-order valence-corrected chi connectivity index (χ0v) is 11.1. The van der Waals surface area contributed by atoms with E-state index in [1.165, 1.54) is 0 Å². The van der Waals surface area contributed by atoms with Gasteiger partial charge in [0.1, 0.15) is 6.54 Å². The van der Waals surface area contributed by atoms with Crippen LogP contribution in [0.2, 0.25) is 0 Å². The van der Waals surface area contributed by atoms with Crippen molar-refractivity contribution in [2.24, 2.45) is 0 Å². The molecule has 7 heteroatoms. The third kappa shape index (κ3) is 7.03. The third-order valence-electron chi connectivity index (χ3n) is 2.41. The van der Waals surface area contributed by atoms with Crippen LogP contribution in [0.1, 0.15) is 5.56 Å². The maximum absolute atomic E-state index is 12.0. The molecule has 2 N–H and O–H groups in total. The van der Waals surface area contributed by atoms with Crippen LogP contribution in [0.4, 0.5) is 13.2 Å². The molecule has 0 aromatic heterocycles. The number of amides is 1. The summed E-state index contributed by atoms with van der Waals surface area (Å²) < 4.78 is 35.9. The molecule has 0 aliphatic rings. The van der Waals surface area contributed by atoms with Gasteiger partial charge in [0, 0.05) is 0 Å². The zero-order chi connectivity index (χ0) is 13.6. The summed E-state index contributed by atoms with van der Waals surface area (Å²) in [5.41, 5.74) is 0.888. The topological polar surface area (TPSA) is 41.1 Å². The Hall–Kier alpha value is -1.27. The molecule has 0 saturated heterocycles. The van der Waals surface area contributed by atoms with E-state index in [1.54, 1.807) is 7.05 Å². The number of hydrogen-bond donors (Lipinski definition) is 2. The molecular formula is C12H16ClF3N2O. The van der Waals surface area contributed by atoms with Crippen LogP contribution in [-0.2, 0) is 11.2 Å². The van der Waals surface area contributed by atoms with Crippen molar-refractivity contribution in [3.8, 4) is 0 Å². The van der Waals surface area contributed by atoms with Crippen molar-refractivity contribution in [1.82, 2.24) is 10.6 Å². The number of likely N-dealkylation sites (N-methyl/N-ethyl adjacent to an activating group) is 1. The van der Waals surface area contributed by atoms with Crippen molar-refractivity contribution in [2.45, 2.75) is 18.6 Å². The molecule has 108 valence electrons. The lowest BCUT2D eigenvalue weighted by Gasteiger charge is -2.17. The zero-order valence-electron chi connectivity index (χ0n) is 10.3. The van der Waals surface area contributed by atoms with Crippen LogP contribution >= 0.6 is 12.4 Å². The highest BCUT2D eigenvalue weighted by atomic mass is 35.5. The van der Waals surface area contributed by atoms with Crippen LogP contribution in [0.5, 0.6) is 0 Å². The number of nitrogens with one attached hydrogen (secondary N) is 2. The fourth-order valence-corrected chi connectivity index (χ4v) is 1.49. The van der Waals surface area contributed by atoms with Crippen molar-refractivity contribution >= 4 is 18.3 Å². The molecule has 1 unspecified atom stereocenters. The molecule has 0 saturated carbocycles. The highest BCUT2D eigenvalue weighted by Gasteiger charge is 2.29. The third-order valence-corrected chi connectivity index (χ3v) is 2.41. The highest BCUT2D eigenvalue weighted by Crippen LogP contribution is 2.12. The minimum absolute atomic E-state index is 0. The van der Waals surface area contributed by atoms with E-state index in [4.69, 9.17) is 0 Å². The van der Waals surface area contributed by atoms with Gasteiger partial charge in [-0.1, -0.05) is 30.3 Å². The molecule has 0 heterocycles. The molecule has 1 aromatic rings. The molecule has 1 aromatic carbocycles. The van der Waals surface area contributed by atoms with E-state index in [1.807, 2.05) is 35.6 Å². The van der Waals surface area contributed by atoms with Crippen molar-refractivity contribution in [2.75, 3.05) is 13.6 Å². The van der Waals surface area contributed by atoms with E-state index < -0.39 is 24.7 Å². The first-order valence-corrected chi connectivity index (χ1v) is 5.48. The Morgan fingerprint density at radius 3 is 2.32 bits per heavy atom. The van der Waals surface area contributed by atoms with Crippen LogP contribution in [-0.4, -0.2) is 31.7 Å². The predicted molar refractivity (Wildman–Crippen MR) is 69.3 cm³/mol. The van der Waals surface area contributed by atoms with E-state index >= 15 is 0 Å². The summed E-state index contributed by atoms with van der Waals surface area (Å²) in [7, 11) is 1.54. The SMILES string of the molecule is CNC(Cc1ccccc1)C(=O)NCC(F)(F)F.Cl. The number of halogens is 4. The van der Waals surface area contributed by atoms with Crippen LogP contribution in [0.15, 0.2) is 30.3 Å². The van der Waals surface area contributed by atoms with Crippen LogP contribution in [0.25, 0.3) is 0 Å². The summed E-state index contributed by atoms with van der Waals surface area (Å²) in [5, 5.41) is 4.57. The van der Waals surface area contributed by atoms with Crippen molar-refractivity contribution in [3.05, 3.63) is 35.9 Å². The van der Waals surface area contributed by atoms with E-state index in [2.05, 4.69) is 5.32 Å². The molecule has 0 radical (unpaired) electrons. The molecule has 0 aliphatic carbocycles. The van der Waals surface area contributed by atoms with Gasteiger partial charge in [-0.15, -0.1) is 12.4 Å². The molecular weight excluding hydrogens is 281 g/mol. The first-order chi connectivity index (χ1) is 8.42. The fraction of sp³-hybridized carbons (Fsp3) is 0.417. The molecule has 1 atom stereocenters. The first-order valence-electron chi connectivity index (χ1n) is 5.48. The second-order valence-corrected chi connectivity index (χ2v) is 3.86. The maximum atomic E-state index is 12.0. The molecule has 3 nitrogen and oxygen atoms in total. The minimum Gasteiger partial charge on any atom is -0.346 e. The Morgan fingerprint density at radius 2 is 1.84 bits per heavy atom. The average Bonchev–Trinajstić information content (AvgIpc) is 2.33. The molecule has 0 aliphatic heterocycles. The second-order valence-electron chi connectivity index (χ2n) is 3.86.